The van der Waals surface area contributed by atoms with Gasteiger partial charge in [0.2, 0.25) is 0 Å². The van der Waals surface area contributed by atoms with E-state index in [4.69, 9.17) is 0 Å². The van der Waals surface area contributed by atoms with Crippen LogP contribution in [-0.2, 0) is 6.42 Å². The lowest BCUT2D eigenvalue weighted by Crippen LogP contribution is -2.05. The zero-order chi connectivity index (χ0) is 14.0. The fourth-order valence-electron chi connectivity index (χ4n) is 2.17. The van der Waals surface area contributed by atoms with Gasteiger partial charge in [-0.3, -0.25) is 0 Å². The van der Waals surface area contributed by atoms with E-state index in [9.17, 15) is 9.50 Å². The van der Waals surface area contributed by atoms with Gasteiger partial charge in [0.15, 0.2) is 0 Å². The zero-order valence-corrected chi connectivity index (χ0v) is 11.6. The molecule has 0 aliphatic carbocycles. The summed E-state index contributed by atoms with van der Waals surface area (Å²) in [7, 11) is 0. The van der Waals surface area contributed by atoms with Gasteiger partial charge in [-0.2, -0.15) is 0 Å². The summed E-state index contributed by atoms with van der Waals surface area (Å²) in [4.78, 5) is 0. The predicted molar refractivity (Wildman–Crippen MR) is 75.7 cm³/mol. The number of hydrogen-bond acceptors (Lipinski definition) is 1. The normalized spacial score (nSPS) is 12.5. The smallest absolute Gasteiger partial charge is 0.129 e. The van der Waals surface area contributed by atoms with Gasteiger partial charge < -0.3 is 5.11 Å². The minimum absolute atomic E-state index is 0.337. The van der Waals surface area contributed by atoms with Crippen LogP contribution >= 0.6 is 0 Å². The SMILES string of the molecule is Cc1ccc(C(O)Cc2ccc(C)c(C)c2)c(F)c1. The van der Waals surface area contributed by atoms with Crippen LogP contribution in [0.3, 0.4) is 0 Å². The van der Waals surface area contributed by atoms with Gasteiger partial charge in [0.05, 0.1) is 6.10 Å². The molecule has 0 amide bonds. The number of halogens is 1. The first-order chi connectivity index (χ1) is 8.97. The van der Waals surface area contributed by atoms with E-state index < -0.39 is 6.10 Å². The molecule has 1 atom stereocenters. The molecule has 2 aromatic carbocycles. The first-order valence-electron chi connectivity index (χ1n) is 6.47. The molecule has 0 saturated heterocycles. The standard InChI is InChI=1S/C17H19FO/c1-11-4-7-15(16(18)8-11)17(19)10-14-6-5-12(2)13(3)9-14/h4-9,17,19H,10H2,1-3H3. The van der Waals surface area contributed by atoms with Crippen molar-refractivity contribution >= 4 is 0 Å². The molecule has 2 aromatic rings. The predicted octanol–water partition coefficient (Wildman–Crippen LogP) is 4.03. The molecule has 0 aromatic heterocycles. The Hall–Kier alpha value is -1.67. The number of aliphatic hydroxyl groups excluding tert-OH is 1. The molecule has 1 N–H and O–H groups in total. The lowest BCUT2D eigenvalue weighted by atomic mass is 9.97. The second-order valence-electron chi connectivity index (χ2n) is 5.16. The van der Waals surface area contributed by atoms with E-state index in [1.54, 1.807) is 6.07 Å². The van der Waals surface area contributed by atoms with Gasteiger partial charge in [0.25, 0.3) is 0 Å². The van der Waals surface area contributed by atoms with Gasteiger partial charge in [-0.15, -0.1) is 0 Å². The lowest BCUT2D eigenvalue weighted by Gasteiger charge is -2.13. The molecule has 2 rings (SSSR count). The highest BCUT2D eigenvalue weighted by molar-refractivity contribution is 5.32. The molecule has 19 heavy (non-hydrogen) atoms. The fourth-order valence-corrected chi connectivity index (χ4v) is 2.17. The third-order valence-corrected chi connectivity index (χ3v) is 3.52. The molecule has 0 aliphatic rings. The van der Waals surface area contributed by atoms with E-state index in [0.717, 1.165) is 11.1 Å². The van der Waals surface area contributed by atoms with Crippen LogP contribution in [0.25, 0.3) is 0 Å². The summed E-state index contributed by atoms with van der Waals surface area (Å²) in [5.41, 5.74) is 4.66. The average molecular weight is 258 g/mol. The Bertz CT molecular complexity index is 590. The highest BCUT2D eigenvalue weighted by Crippen LogP contribution is 2.23. The van der Waals surface area contributed by atoms with Gasteiger partial charge in [-0.1, -0.05) is 30.3 Å². The molecular formula is C17H19FO. The van der Waals surface area contributed by atoms with E-state index in [1.807, 2.05) is 38.1 Å². The molecule has 1 nitrogen and oxygen atoms in total. The Morgan fingerprint density at radius 3 is 2.37 bits per heavy atom. The lowest BCUT2D eigenvalue weighted by molar-refractivity contribution is 0.173. The second-order valence-corrected chi connectivity index (χ2v) is 5.16. The first-order valence-corrected chi connectivity index (χ1v) is 6.47. The third kappa shape index (κ3) is 3.21. The molecular weight excluding hydrogens is 239 g/mol. The van der Waals surface area contributed by atoms with Gasteiger partial charge in [0, 0.05) is 12.0 Å². The summed E-state index contributed by atoms with van der Waals surface area (Å²) < 4.78 is 13.8. The fraction of sp³-hybridized carbons (Fsp3) is 0.294. The molecule has 0 spiro atoms. The Morgan fingerprint density at radius 1 is 1.00 bits per heavy atom. The molecule has 0 bridgehead atoms. The Morgan fingerprint density at radius 2 is 1.74 bits per heavy atom. The van der Waals surface area contributed by atoms with Crippen LogP contribution in [0, 0.1) is 26.6 Å². The second kappa shape index (κ2) is 5.54. The van der Waals surface area contributed by atoms with E-state index in [-0.39, 0.29) is 5.82 Å². The summed E-state index contributed by atoms with van der Waals surface area (Å²) in [6.45, 7) is 5.93. The minimum Gasteiger partial charge on any atom is -0.388 e. The van der Waals surface area contributed by atoms with Crippen molar-refractivity contribution in [2.75, 3.05) is 0 Å². The number of rotatable bonds is 3. The largest absolute Gasteiger partial charge is 0.388 e. The molecule has 0 saturated carbocycles. The summed E-state index contributed by atoms with van der Waals surface area (Å²) in [5.74, 6) is -0.337. The van der Waals surface area contributed by atoms with Crippen LogP contribution in [0.1, 0.15) is 33.9 Å². The van der Waals surface area contributed by atoms with Gasteiger partial charge in [-0.05, 0) is 49.1 Å². The highest BCUT2D eigenvalue weighted by Gasteiger charge is 2.13. The van der Waals surface area contributed by atoms with Crippen molar-refractivity contribution in [1.82, 2.24) is 0 Å². The molecule has 0 radical (unpaired) electrons. The van der Waals surface area contributed by atoms with Crippen molar-refractivity contribution < 1.29 is 9.50 Å². The van der Waals surface area contributed by atoms with Crippen LogP contribution < -0.4 is 0 Å². The minimum atomic E-state index is -0.803. The maximum atomic E-state index is 13.8. The monoisotopic (exact) mass is 258 g/mol. The van der Waals surface area contributed by atoms with E-state index in [2.05, 4.69) is 6.92 Å². The van der Waals surface area contributed by atoms with Crippen molar-refractivity contribution in [3.63, 3.8) is 0 Å². The van der Waals surface area contributed by atoms with Gasteiger partial charge >= 0.3 is 0 Å². The Kier molecular flexibility index (Phi) is 4.01. The van der Waals surface area contributed by atoms with E-state index >= 15 is 0 Å². The number of aliphatic hydroxyl groups is 1. The Balaban J connectivity index is 2.20. The van der Waals surface area contributed by atoms with Crippen LogP contribution in [0.4, 0.5) is 4.39 Å². The highest BCUT2D eigenvalue weighted by atomic mass is 19.1. The summed E-state index contributed by atoms with van der Waals surface area (Å²) in [6, 6.07) is 11.0. The van der Waals surface area contributed by atoms with Crippen LogP contribution in [0.5, 0.6) is 0 Å². The number of aryl methyl sites for hydroxylation is 3. The quantitative estimate of drug-likeness (QED) is 0.881. The van der Waals surface area contributed by atoms with Crippen molar-refractivity contribution in [2.45, 2.75) is 33.3 Å². The third-order valence-electron chi connectivity index (χ3n) is 3.52. The molecule has 100 valence electrons. The number of benzene rings is 2. The molecule has 0 heterocycles. The van der Waals surface area contributed by atoms with Crippen molar-refractivity contribution in [2.24, 2.45) is 0 Å². The molecule has 0 fully saturated rings. The summed E-state index contributed by atoms with van der Waals surface area (Å²) in [6.07, 6.45) is -0.371. The van der Waals surface area contributed by atoms with Gasteiger partial charge in [0.1, 0.15) is 5.82 Å². The summed E-state index contributed by atoms with van der Waals surface area (Å²) >= 11 is 0. The Labute approximate surface area is 113 Å². The topological polar surface area (TPSA) is 20.2 Å². The molecule has 0 aliphatic heterocycles. The van der Waals surface area contributed by atoms with Crippen molar-refractivity contribution in [3.05, 3.63) is 70.0 Å². The van der Waals surface area contributed by atoms with Crippen molar-refractivity contribution in [3.8, 4) is 0 Å². The van der Waals surface area contributed by atoms with Crippen LogP contribution in [0.2, 0.25) is 0 Å². The summed E-state index contributed by atoms with van der Waals surface area (Å²) in [5, 5.41) is 10.2. The van der Waals surface area contributed by atoms with E-state index in [0.29, 0.717) is 12.0 Å². The molecule has 2 heteroatoms. The van der Waals surface area contributed by atoms with Gasteiger partial charge in [-0.25, -0.2) is 4.39 Å². The maximum Gasteiger partial charge on any atom is 0.129 e. The molecule has 1 unspecified atom stereocenters. The maximum absolute atomic E-state index is 13.8. The van der Waals surface area contributed by atoms with Crippen LogP contribution in [0.15, 0.2) is 36.4 Å². The van der Waals surface area contributed by atoms with Crippen molar-refractivity contribution in [1.29, 1.82) is 0 Å². The zero-order valence-electron chi connectivity index (χ0n) is 11.6. The first kappa shape index (κ1) is 13.8. The number of hydrogen-bond donors (Lipinski definition) is 1. The average Bonchev–Trinajstić information content (AvgIpc) is 2.33. The van der Waals surface area contributed by atoms with Crippen LogP contribution in [-0.4, -0.2) is 5.11 Å². The van der Waals surface area contributed by atoms with E-state index in [1.165, 1.54) is 17.2 Å².